The standard InChI is InChI=1S/C16H6ClF9O4S/c17-7-4-5-8-9-2-1-3-10(12(9)29-11(8)6-7)30-31(27,28)16(25,26)14(20,21)13(18,19)15(22,23)24/h1-6H. The Morgan fingerprint density at radius 2 is 1.45 bits per heavy atom. The fraction of sp³-hybridized carbons (Fsp3) is 0.250. The van der Waals surface area contributed by atoms with E-state index in [0.29, 0.717) is 6.07 Å². The molecule has 0 spiro atoms. The SMILES string of the molecule is O=S(=O)(Oc1cccc2c1oc1cc(Cl)ccc12)C(F)(F)C(F)(F)C(F)(F)C(F)(F)F. The second-order valence-corrected chi connectivity index (χ2v) is 8.10. The smallest absolute Gasteiger partial charge is 0.452 e. The minimum absolute atomic E-state index is 0.0170. The van der Waals surface area contributed by atoms with E-state index in [9.17, 15) is 47.9 Å². The summed E-state index contributed by atoms with van der Waals surface area (Å²) in [5.74, 6) is -16.0. The van der Waals surface area contributed by atoms with Gasteiger partial charge < -0.3 is 8.60 Å². The van der Waals surface area contributed by atoms with E-state index in [4.69, 9.17) is 16.0 Å². The van der Waals surface area contributed by atoms with E-state index >= 15 is 0 Å². The van der Waals surface area contributed by atoms with Crippen molar-refractivity contribution in [2.24, 2.45) is 0 Å². The minimum atomic E-state index is -7.41. The molecule has 1 heterocycles. The molecule has 4 nitrogen and oxygen atoms in total. The van der Waals surface area contributed by atoms with Crippen molar-refractivity contribution in [3.8, 4) is 5.75 Å². The Kier molecular flexibility index (Phi) is 5.13. The van der Waals surface area contributed by atoms with E-state index in [0.717, 1.165) is 6.07 Å². The van der Waals surface area contributed by atoms with Crippen LogP contribution in [-0.2, 0) is 10.1 Å². The lowest BCUT2D eigenvalue weighted by Gasteiger charge is -2.32. The van der Waals surface area contributed by atoms with Gasteiger partial charge in [0.2, 0.25) is 0 Å². The van der Waals surface area contributed by atoms with Crippen molar-refractivity contribution in [2.45, 2.75) is 23.3 Å². The molecule has 0 saturated carbocycles. The number of hydrogen-bond acceptors (Lipinski definition) is 4. The van der Waals surface area contributed by atoms with Crippen LogP contribution in [0.5, 0.6) is 5.75 Å². The highest BCUT2D eigenvalue weighted by molar-refractivity contribution is 7.88. The molecule has 0 fully saturated rings. The Hall–Kier alpha value is -2.35. The zero-order valence-corrected chi connectivity index (χ0v) is 15.9. The zero-order valence-electron chi connectivity index (χ0n) is 14.3. The summed E-state index contributed by atoms with van der Waals surface area (Å²) in [6.07, 6.45) is -7.19. The van der Waals surface area contributed by atoms with Crippen LogP contribution in [0, 0.1) is 0 Å². The predicted octanol–water partition coefficient (Wildman–Crippen LogP) is 6.37. The van der Waals surface area contributed by atoms with Crippen LogP contribution in [-0.4, -0.2) is 31.7 Å². The zero-order chi connectivity index (χ0) is 23.6. The molecule has 1 aromatic heterocycles. The minimum Gasteiger partial charge on any atom is -0.452 e. The van der Waals surface area contributed by atoms with Crippen molar-refractivity contribution in [2.75, 3.05) is 0 Å². The van der Waals surface area contributed by atoms with Crippen LogP contribution in [0.3, 0.4) is 0 Å². The van der Waals surface area contributed by atoms with Crippen LogP contribution in [0.4, 0.5) is 39.5 Å². The van der Waals surface area contributed by atoms with Crippen LogP contribution < -0.4 is 4.18 Å². The molecule has 0 aliphatic heterocycles. The molecule has 0 bridgehead atoms. The van der Waals surface area contributed by atoms with Gasteiger partial charge in [-0.05, 0) is 18.2 Å². The highest BCUT2D eigenvalue weighted by Crippen LogP contribution is 2.55. The average Bonchev–Trinajstić information content (AvgIpc) is 2.98. The molecule has 3 aromatic rings. The molecule has 31 heavy (non-hydrogen) atoms. The van der Waals surface area contributed by atoms with E-state index in [1.165, 1.54) is 24.3 Å². The summed E-state index contributed by atoms with van der Waals surface area (Å²) in [6, 6.07) is 6.89. The van der Waals surface area contributed by atoms with Gasteiger partial charge in [0.15, 0.2) is 11.3 Å². The monoisotopic (exact) mass is 500 g/mol. The van der Waals surface area contributed by atoms with Gasteiger partial charge in [0.1, 0.15) is 5.58 Å². The van der Waals surface area contributed by atoms with Crippen LogP contribution in [0.2, 0.25) is 5.02 Å². The fourth-order valence-corrected chi connectivity index (χ4v) is 3.58. The molecular formula is C16H6ClF9O4S. The van der Waals surface area contributed by atoms with Gasteiger partial charge in [0.25, 0.3) is 0 Å². The Balaban J connectivity index is 2.11. The van der Waals surface area contributed by atoms with Gasteiger partial charge in [-0.2, -0.15) is 47.9 Å². The normalized spacial score (nSPS) is 14.4. The van der Waals surface area contributed by atoms with Crippen molar-refractivity contribution < 1.29 is 56.5 Å². The first-order chi connectivity index (χ1) is 13.9. The second-order valence-electron chi connectivity index (χ2n) is 6.08. The van der Waals surface area contributed by atoms with Gasteiger partial charge in [-0.1, -0.05) is 23.7 Å². The van der Waals surface area contributed by atoms with Gasteiger partial charge in [-0.25, -0.2) is 0 Å². The van der Waals surface area contributed by atoms with E-state index in [-0.39, 0.29) is 21.4 Å². The largest absolute Gasteiger partial charge is 0.460 e. The lowest BCUT2D eigenvalue weighted by atomic mass is 10.1. The first-order valence-electron chi connectivity index (χ1n) is 7.69. The van der Waals surface area contributed by atoms with Crippen molar-refractivity contribution >= 4 is 43.7 Å². The fourth-order valence-electron chi connectivity index (χ4n) is 2.50. The highest BCUT2D eigenvalue weighted by Gasteiger charge is 2.86. The maximum absolute atomic E-state index is 13.9. The van der Waals surface area contributed by atoms with Crippen molar-refractivity contribution in [1.82, 2.24) is 0 Å². The molecule has 3 rings (SSSR count). The summed E-state index contributed by atoms with van der Waals surface area (Å²) in [5.41, 5.74) is -0.610. The lowest BCUT2D eigenvalue weighted by molar-refractivity contribution is -0.382. The van der Waals surface area contributed by atoms with E-state index < -0.39 is 44.7 Å². The Morgan fingerprint density at radius 1 is 0.839 bits per heavy atom. The first kappa shape index (κ1) is 23.3. The quantitative estimate of drug-likeness (QED) is 0.302. The van der Waals surface area contributed by atoms with Crippen molar-refractivity contribution in [3.05, 3.63) is 41.4 Å². The van der Waals surface area contributed by atoms with Gasteiger partial charge in [0.05, 0.1) is 0 Å². The van der Waals surface area contributed by atoms with Gasteiger partial charge >= 0.3 is 33.4 Å². The van der Waals surface area contributed by atoms with Gasteiger partial charge in [-0.3, -0.25) is 0 Å². The third-order valence-corrected chi connectivity index (χ3v) is 5.57. The summed E-state index contributed by atoms with van der Waals surface area (Å²) >= 11 is 5.75. The number of rotatable bonds is 5. The number of halogens is 10. The molecule has 0 aliphatic carbocycles. The number of alkyl halides is 9. The maximum atomic E-state index is 13.9. The predicted molar refractivity (Wildman–Crippen MR) is 89.2 cm³/mol. The van der Waals surface area contributed by atoms with E-state index in [2.05, 4.69) is 4.18 Å². The topological polar surface area (TPSA) is 56.5 Å². The summed E-state index contributed by atoms with van der Waals surface area (Å²) in [4.78, 5) is 0. The molecule has 0 saturated heterocycles. The van der Waals surface area contributed by atoms with Crippen LogP contribution in [0.1, 0.15) is 0 Å². The number of fused-ring (bicyclic) bond motifs is 3. The number of hydrogen-bond donors (Lipinski definition) is 0. The summed E-state index contributed by atoms with van der Waals surface area (Å²) in [7, 11) is -7.10. The van der Waals surface area contributed by atoms with Crippen molar-refractivity contribution in [1.29, 1.82) is 0 Å². The van der Waals surface area contributed by atoms with Crippen LogP contribution in [0.25, 0.3) is 21.9 Å². The van der Waals surface area contributed by atoms with E-state index in [1.807, 2.05) is 0 Å². The molecule has 2 aromatic carbocycles. The summed E-state index contributed by atoms with van der Waals surface area (Å²) < 4.78 is 150. The molecule has 0 aliphatic rings. The van der Waals surface area contributed by atoms with Crippen LogP contribution >= 0.6 is 11.6 Å². The van der Waals surface area contributed by atoms with Gasteiger partial charge in [-0.15, -0.1) is 0 Å². The molecule has 0 atom stereocenters. The Bertz CT molecular complexity index is 1270. The van der Waals surface area contributed by atoms with Gasteiger partial charge in [0, 0.05) is 21.9 Å². The van der Waals surface area contributed by atoms with E-state index in [1.54, 1.807) is 0 Å². The molecule has 15 heteroatoms. The van der Waals surface area contributed by atoms with Crippen molar-refractivity contribution in [3.63, 3.8) is 0 Å². The molecule has 0 radical (unpaired) electrons. The molecule has 0 unspecified atom stereocenters. The number of para-hydroxylation sites is 1. The molecular weight excluding hydrogens is 495 g/mol. The lowest BCUT2D eigenvalue weighted by Crippen LogP contribution is -2.63. The van der Waals surface area contributed by atoms with Crippen LogP contribution in [0.15, 0.2) is 40.8 Å². The Labute approximate surface area is 171 Å². The first-order valence-corrected chi connectivity index (χ1v) is 9.47. The maximum Gasteiger partial charge on any atom is 0.460 e. The number of furan rings is 1. The second kappa shape index (κ2) is 6.82. The molecule has 170 valence electrons. The molecule has 0 N–H and O–H groups in total. The highest BCUT2D eigenvalue weighted by atomic mass is 35.5. The average molecular weight is 501 g/mol. The Morgan fingerprint density at radius 3 is 2.03 bits per heavy atom. The number of benzene rings is 2. The summed E-state index contributed by atoms with van der Waals surface area (Å²) in [5, 5.41) is -6.57. The third-order valence-electron chi connectivity index (χ3n) is 4.05. The summed E-state index contributed by atoms with van der Waals surface area (Å²) in [6.45, 7) is 0. The third kappa shape index (κ3) is 3.35. The molecule has 0 amide bonds.